The molecule has 0 aliphatic rings. The van der Waals surface area contributed by atoms with E-state index in [2.05, 4.69) is 22.7 Å². The molecule has 0 unspecified atom stereocenters. The average molecular weight is 306 g/mol. The van der Waals surface area contributed by atoms with E-state index in [-0.39, 0.29) is 5.82 Å². The van der Waals surface area contributed by atoms with Crippen LogP contribution in [-0.2, 0) is 6.54 Å². The van der Waals surface area contributed by atoms with Crippen LogP contribution in [0.2, 0.25) is 0 Å². The van der Waals surface area contributed by atoms with Crippen molar-refractivity contribution < 1.29 is 4.39 Å². The zero-order chi connectivity index (χ0) is 15.1. The van der Waals surface area contributed by atoms with Crippen molar-refractivity contribution >= 4 is 23.1 Å². The van der Waals surface area contributed by atoms with Gasteiger partial charge in [-0.25, -0.2) is 4.39 Å². The molecule has 0 spiro atoms. The van der Waals surface area contributed by atoms with E-state index < -0.39 is 0 Å². The molecule has 2 aromatic rings. The molecule has 0 radical (unpaired) electrons. The number of unbranched alkanes of at least 4 members (excludes halogenated alkanes) is 1. The molecule has 112 valence electrons. The highest BCUT2D eigenvalue weighted by Gasteiger charge is 2.02. The van der Waals surface area contributed by atoms with Crippen LogP contribution >= 0.6 is 12.2 Å². The number of aromatic nitrogens is 2. The number of benzene rings is 1. The van der Waals surface area contributed by atoms with E-state index in [0.717, 1.165) is 24.9 Å². The van der Waals surface area contributed by atoms with Crippen LogP contribution in [0.15, 0.2) is 36.5 Å². The summed E-state index contributed by atoms with van der Waals surface area (Å²) >= 11 is 5.19. The van der Waals surface area contributed by atoms with Gasteiger partial charge in [0.15, 0.2) is 10.9 Å². The van der Waals surface area contributed by atoms with Gasteiger partial charge in [0, 0.05) is 18.8 Å². The van der Waals surface area contributed by atoms with Crippen LogP contribution in [0.4, 0.5) is 10.2 Å². The van der Waals surface area contributed by atoms with Gasteiger partial charge >= 0.3 is 0 Å². The minimum atomic E-state index is -0.231. The maximum Gasteiger partial charge on any atom is 0.171 e. The van der Waals surface area contributed by atoms with Crippen LogP contribution < -0.4 is 10.6 Å². The lowest BCUT2D eigenvalue weighted by Crippen LogP contribution is -2.29. The highest BCUT2D eigenvalue weighted by Crippen LogP contribution is 2.07. The summed E-state index contributed by atoms with van der Waals surface area (Å²) in [6, 6.07) is 8.26. The molecule has 0 saturated carbocycles. The van der Waals surface area contributed by atoms with Crippen LogP contribution in [0, 0.1) is 5.82 Å². The highest BCUT2D eigenvalue weighted by molar-refractivity contribution is 7.80. The van der Waals surface area contributed by atoms with E-state index in [0.29, 0.717) is 17.5 Å². The number of hydrogen-bond donors (Lipinski definition) is 2. The van der Waals surface area contributed by atoms with Crippen molar-refractivity contribution in [3.63, 3.8) is 0 Å². The first-order valence-electron chi connectivity index (χ1n) is 7.00. The quantitative estimate of drug-likeness (QED) is 0.635. The van der Waals surface area contributed by atoms with Gasteiger partial charge in [-0.05, 0) is 36.3 Å². The van der Waals surface area contributed by atoms with Gasteiger partial charge in [-0.2, -0.15) is 5.10 Å². The summed E-state index contributed by atoms with van der Waals surface area (Å²) in [6.07, 6.45) is 4.07. The predicted molar refractivity (Wildman–Crippen MR) is 86.9 cm³/mol. The Labute approximate surface area is 129 Å². The number of nitrogens with zero attached hydrogens (tertiary/aromatic N) is 2. The van der Waals surface area contributed by atoms with E-state index in [9.17, 15) is 4.39 Å². The van der Waals surface area contributed by atoms with E-state index in [1.807, 2.05) is 12.3 Å². The fraction of sp³-hybridized carbons (Fsp3) is 0.333. The first-order valence-corrected chi connectivity index (χ1v) is 7.41. The molecule has 1 aromatic heterocycles. The van der Waals surface area contributed by atoms with E-state index in [4.69, 9.17) is 12.2 Å². The topological polar surface area (TPSA) is 41.9 Å². The molecule has 2 rings (SSSR count). The lowest BCUT2D eigenvalue weighted by atomic mass is 10.2. The van der Waals surface area contributed by atoms with Crippen LogP contribution in [-0.4, -0.2) is 21.4 Å². The maximum absolute atomic E-state index is 12.8. The predicted octanol–water partition coefficient (Wildman–Crippen LogP) is 3.16. The highest BCUT2D eigenvalue weighted by atomic mass is 32.1. The normalized spacial score (nSPS) is 10.4. The third kappa shape index (κ3) is 5.15. The van der Waals surface area contributed by atoms with Gasteiger partial charge < -0.3 is 10.6 Å². The number of thiocarbonyl (C=S) groups is 1. The fourth-order valence-corrected chi connectivity index (χ4v) is 2.04. The summed E-state index contributed by atoms with van der Waals surface area (Å²) in [7, 11) is 0. The minimum Gasteiger partial charge on any atom is -0.362 e. The Kier molecular flexibility index (Phi) is 5.68. The zero-order valence-electron chi connectivity index (χ0n) is 12.0. The second-order valence-corrected chi connectivity index (χ2v) is 5.17. The van der Waals surface area contributed by atoms with Crippen molar-refractivity contribution in [3.8, 4) is 0 Å². The SMILES string of the molecule is CCCCNC(=S)Nc1ccn(Cc2ccc(F)cc2)n1. The third-order valence-electron chi connectivity index (χ3n) is 2.96. The second-order valence-electron chi connectivity index (χ2n) is 4.76. The molecule has 4 nitrogen and oxygen atoms in total. The van der Waals surface area contributed by atoms with E-state index >= 15 is 0 Å². The van der Waals surface area contributed by atoms with Crippen molar-refractivity contribution in [2.24, 2.45) is 0 Å². The molecule has 0 saturated heterocycles. The standard InChI is InChI=1S/C15H19FN4S/c1-2-3-9-17-15(21)18-14-8-10-20(19-14)11-12-4-6-13(16)7-5-12/h4-8,10H,2-3,9,11H2,1H3,(H2,17,18,19,21). The number of nitrogens with one attached hydrogen (secondary N) is 2. The van der Waals surface area contributed by atoms with Crippen LogP contribution in [0.3, 0.4) is 0 Å². The Morgan fingerprint density at radius 3 is 2.76 bits per heavy atom. The Morgan fingerprint density at radius 2 is 2.05 bits per heavy atom. The molecular weight excluding hydrogens is 287 g/mol. The summed E-state index contributed by atoms with van der Waals surface area (Å²) in [5.74, 6) is 0.469. The number of hydrogen-bond acceptors (Lipinski definition) is 2. The van der Waals surface area contributed by atoms with Crippen molar-refractivity contribution in [3.05, 3.63) is 47.9 Å². The average Bonchev–Trinajstić information content (AvgIpc) is 2.89. The number of rotatable bonds is 6. The summed E-state index contributed by atoms with van der Waals surface area (Å²) in [6.45, 7) is 3.59. The lowest BCUT2D eigenvalue weighted by molar-refractivity contribution is 0.624. The molecule has 0 bridgehead atoms. The Bertz CT molecular complexity index is 580. The maximum atomic E-state index is 12.8. The smallest absolute Gasteiger partial charge is 0.171 e. The van der Waals surface area contributed by atoms with Crippen molar-refractivity contribution in [2.75, 3.05) is 11.9 Å². The second kappa shape index (κ2) is 7.73. The van der Waals surface area contributed by atoms with Gasteiger partial charge in [0.05, 0.1) is 6.54 Å². The minimum absolute atomic E-state index is 0.231. The Hall–Kier alpha value is -1.95. The number of anilines is 1. The Balaban J connectivity index is 1.86. The van der Waals surface area contributed by atoms with Gasteiger partial charge in [-0.3, -0.25) is 4.68 Å². The van der Waals surface area contributed by atoms with Crippen LogP contribution in [0.1, 0.15) is 25.3 Å². The zero-order valence-corrected chi connectivity index (χ0v) is 12.8. The molecule has 0 aliphatic carbocycles. The van der Waals surface area contributed by atoms with E-state index in [1.54, 1.807) is 16.8 Å². The lowest BCUT2D eigenvalue weighted by Gasteiger charge is -2.07. The van der Waals surface area contributed by atoms with Crippen molar-refractivity contribution in [1.82, 2.24) is 15.1 Å². The molecule has 0 amide bonds. The van der Waals surface area contributed by atoms with Gasteiger partial charge in [-0.1, -0.05) is 25.5 Å². The number of halogens is 1. The van der Waals surface area contributed by atoms with Crippen LogP contribution in [0.25, 0.3) is 0 Å². The summed E-state index contributed by atoms with van der Waals surface area (Å²) < 4.78 is 14.6. The molecular formula is C15H19FN4S. The monoisotopic (exact) mass is 306 g/mol. The first-order chi connectivity index (χ1) is 10.2. The fourth-order valence-electron chi connectivity index (χ4n) is 1.83. The van der Waals surface area contributed by atoms with Gasteiger partial charge in [-0.15, -0.1) is 0 Å². The Morgan fingerprint density at radius 1 is 1.29 bits per heavy atom. The largest absolute Gasteiger partial charge is 0.362 e. The molecule has 6 heteroatoms. The van der Waals surface area contributed by atoms with Crippen molar-refractivity contribution in [2.45, 2.75) is 26.3 Å². The van der Waals surface area contributed by atoms with Gasteiger partial charge in [0.2, 0.25) is 0 Å². The van der Waals surface area contributed by atoms with Gasteiger partial charge in [0.25, 0.3) is 0 Å². The molecule has 2 N–H and O–H groups in total. The molecule has 0 atom stereocenters. The molecule has 1 aromatic carbocycles. The molecule has 21 heavy (non-hydrogen) atoms. The molecule has 0 aliphatic heterocycles. The summed E-state index contributed by atoms with van der Waals surface area (Å²) in [4.78, 5) is 0. The summed E-state index contributed by atoms with van der Waals surface area (Å²) in [5, 5.41) is 11.1. The molecule has 1 heterocycles. The van der Waals surface area contributed by atoms with Crippen molar-refractivity contribution in [1.29, 1.82) is 0 Å². The van der Waals surface area contributed by atoms with Crippen LogP contribution in [0.5, 0.6) is 0 Å². The van der Waals surface area contributed by atoms with E-state index in [1.165, 1.54) is 12.1 Å². The third-order valence-corrected chi connectivity index (χ3v) is 3.20. The molecule has 0 fully saturated rings. The first kappa shape index (κ1) is 15.4. The summed E-state index contributed by atoms with van der Waals surface area (Å²) in [5.41, 5.74) is 0.995. The van der Waals surface area contributed by atoms with Gasteiger partial charge in [0.1, 0.15) is 5.82 Å².